The molecular weight excluding hydrogens is 226 g/mol. The van der Waals surface area contributed by atoms with Crippen LogP contribution in [0.3, 0.4) is 0 Å². The van der Waals surface area contributed by atoms with Gasteiger partial charge in [0.05, 0.1) is 9.82 Å². The van der Waals surface area contributed by atoms with Crippen molar-refractivity contribution in [2.45, 2.75) is 30.4 Å². The van der Waals surface area contributed by atoms with Gasteiger partial charge in [-0.15, -0.1) is 11.8 Å². The monoisotopic (exact) mass is 239 g/mol. The molecule has 0 aliphatic rings. The van der Waals surface area contributed by atoms with Gasteiger partial charge in [-0.2, -0.15) is 0 Å². The molecule has 4 nitrogen and oxygen atoms in total. The summed E-state index contributed by atoms with van der Waals surface area (Å²) in [4.78, 5) is 21.5. The van der Waals surface area contributed by atoms with E-state index in [1.807, 2.05) is 20.8 Å². The number of hydrogen-bond acceptors (Lipinski definition) is 4. The molecule has 16 heavy (non-hydrogen) atoms. The number of nitrogens with zero attached hydrogens (tertiary/aromatic N) is 1. The SMILES string of the molecule is CC(C)(C)Sc1ccc(C=O)cc1[N+](=O)[O-]. The number of aldehydes is 1. The third-order valence-electron chi connectivity index (χ3n) is 1.73. The van der Waals surface area contributed by atoms with Crippen LogP contribution in [0, 0.1) is 10.1 Å². The van der Waals surface area contributed by atoms with Crippen molar-refractivity contribution < 1.29 is 9.72 Å². The van der Waals surface area contributed by atoms with Crippen LogP contribution in [0.1, 0.15) is 31.1 Å². The maximum atomic E-state index is 10.9. The molecule has 5 heteroatoms. The Balaban J connectivity index is 3.18. The summed E-state index contributed by atoms with van der Waals surface area (Å²) >= 11 is 1.42. The maximum absolute atomic E-state index is 10.9. The molecule has 0 atom stereocenters. The number of carbonyl (C=O) groups is 1. The van der Waals surface area contributed by atoms with Crippen molar-refractivity contribution in [3.05, 3.63) is 33.9 Å². The predicted molar refractivity (Wildman–Crippen MR) is 64.1 cm³/mol. The van der Waals surface area contributed by atoms with E-state index in [-0.39, 0.29) is 10.4 Å². The fraction of sp³-hybridized carbons (Fsp3) is 0.364. The molecule has 86 valence electrons. The van der Waals surface area contributed by atoms with Crippen LogP contribution in [0.15, 0.2) is 23.1 Å². The van der Waals surface area contributed by atoms with Gasteiger partial charge in [-0.05, 0) is 6.07 Å². The highest BCUT2D eigenvalue weighted by Gasteiger charge is 2.20. The summed E-state index contributed by atoms with van der Waals surface area (Å²) in [7, 11) is 0. The lowest BCUT2D eigenvalue weighted by Gasteiger charge is -2.17. The van der Waals surface area contributed by atoms with Gasteiger partial charge in [0.15, 0.2) is 0 Å². The van der Waals surface area contributed by atoms with E-state index < -0.39 is 4.92 Å². The Hall–Kier alpha value is -1.36. The quantitative estimate of drug-likeness (QED) is 0.351. The summed E-state index contributed by atoms with van der Waals surface area (Å²) < 4.78 is -0.104. The molecule has 0 aliphatic carbocycles. The van der Waals surface area contributed by atoms with Crippen molar-refractivity contribution in [2.75, 3.05) is 0 Å². The number of benzene rings is 1. The van der Waals surface area contributed by atoms with Gasteiger partial charge in [0.1, 0.15) is 6.29 Å². The molecule has 0 radical (unpaired) electrons. The molecule has 0 spiro atoms. The lowest BCUT2D eigenvalue weighted by atomic mass is 10.2. The van der Waals surface area contributed by atoms with E-state index in [0.717, 1.165) is 0 Å². The lowest BCUT2D eigenvalue weighted by molar-refractivity contribution is -0.387. The molecule has 1 rings (SSSR count). The number of hydrogen-bond donors (Lipinski definition) is 0. The fourth-order valence-electron chi connectivity index (χ4n) is 1.17. The molecule has 0 amide bonds. The van der Waals surface area contributed by atoms with Crippen LogP contribution in [0.25, 0.3) is 0 Å². The van der Waals surface area contributed by atoms with Gasteiger partial charge < -0.3 is 0 Å². The molecular formula is C11H13NO3S. The zero-order valence-corrected chi connectivity index (χ0v) is 10.2. The minimum absolute atomic E-state index is 0.00970. The highest BCUT2D eigenvalue weighted by Crippen LogP contribution is 2.37. The first-order valence-corrected chi connectivity index (χ1v) is 5.58. The molecule has 0 N–H and O–H groups in total. The smallest absolute Gasteiger partial charge is 0.283 e. The van der Waals surface area contributed by atoms with Crippen molar-refractivity contribution in [1.82, 2.24) is 0 Å². The number of carbonyl (C=O) groups excluding carboxylic acids is 1. The van der Waals surface area contributed by atoms with E-state index in [0.29, 0.717) is 16.7 Å². The standard InChI is InChI=1S/C11H13NO3S/c1-11(2,3)16-10-5-4-8(7-13)6-9(10)12(14)15/h4-7H,1-3H3. The molecule has 0 aliphatic heterocycles. The van der Waals surface area contributed by atoms with Crippen LogP contribution in [0.4, 0.5) is 5.69 Å². The van der Waals surface area contributed by atoms with Crippen molar-refractivity contribution >= 4 is 23.7 Å². The van der Waals surface area contributed by atoms with Crippen LogP contribution in [-0.2, 0) is 0 Å². The largest absolute Gasteiger partial charge is 0.298 e. The second-order valence-corrected chi connectivity index (χ2v) is 6.19. The Morgan fingerprint density at radius 2 is 2.00 bits per heavy atom. The third kappa shape index (κ3) is 3.34. The summed E-state index contributed by atoms with van der Waals surface area (Å²) in [5.74, 6) is 0. The Morgan fingerprint density at radius 1 is 1.38 bits per heavy atom. The second-order valence-electron chi connectivity index (χ2n) is 4.32. The summed E-state index contributed by atoms with van der Waals surface area (Å²) in [5, 5.41) is 10.9. The zero-order chi connectivity index (χ0) is 12.3. The highest BCUT2D eigenvalue weighted by molar-refractivity contribution is 8.00. The Bertz CT molecular complexity index is 424. The minimum atomic E-state index is -0.457. The second kappa shape index (κ2) is 4.65. The van der Waals surface area contributed by atoms with E-state index in [4.69, 9.17) is 0 Å². The van der Waals surface area contributed by atoms with Crippen LogP contribution in [-0.4, -0.2) is 16.0 Å². The van der Waals surface area contributed by atoms with E-state index in [2.05, 4.69) is 0 Å². The summed E-state index contributed by atoms with van der Waals surface area (Å²) in [5.41, 5.74) is 0.314. The average Bonchev–Trinajstić information content (AvgIpc) is 2.15. The van der Waals surface area contributed by atoms with Crippen LogP contribution >= 0.6 is 11.8 Å². The van der Waals surface area contributed by atoms with Crippen molar-refractivity contribution in [3.63, 3.8) is 0 Å². The first kappa shape index (κ1) is 12.7. The molecule has 0 saturated heterocycles. The summed E-state index contributed by atoms with van der Waals surface area (Å²) in [6.07, 6.45) is 0.610. The Kier molecular flexibility index (Phi) is 3.70. The average molecular weight is 239 g/mol. The molecule has 0 fully saturated rings. The van der Waals surface area contributed by atoms with Gasteiger partial charge in [0.2, 0.25) is 0 Å². The van der Waals surface area contributed by atoms with Gasteiger partial charge in [-0.25, -0.2) is 0 Å². The lowest BCUT2D eigenvalue weighted by Crippen LogP contribution is -2.07. The number of rotatable bonds is 3. The topological polar surface area (TPSA) is 60.2 Å². The third-order valence-corrected chi connectivity index (χ3v) is 2.91. The van der Waals surface area contributed by atoms with Gasteiger partial charge in [0.25, 0.3) is 5.69 Å². The van der Waals surface area contributed by atoms with Crippen LogP contribution in [0.2, 0.25) is 0 Å². The Morgan fingerprint density at radius 3 is 2.44 bits per heavy atom. The molecule has 1 aromatic rings. The fourth-order valence-corrected chi connectivity index (χ4v) is 2.20. The van der Waals surface area contributed by atoms with Gasteiger partial charge in [-0.1, -0.05) is 26.8 Å². The van der Waals surface area contributed by atoms with Crippen LogP contribution in [0.5, 0.6) is 0 Å². The van der Waals surface area contributed by atoms with Crippen molar-refractivity contribution in [2.24, 2.45) is 0 Å². The highest BCUT2D eigenvalue weighted by atomic mass is 32.2. The van der Waals surface area contributed by atoms with Gasteiger partial charge >= 0.3 is 0 Å². The molecule has 0 heterocycles. The van der Waals surface area contributed by atoms with Crippen molar-refractivity contribution in [1.29, 1.82) is 0 Å². The normalized spacial score (nSPS) is 11.2. The van der Waals surface area contributed by atoms with Crippen LogP contribution < -0.4 is 0 Å². The first-order valence-electron chi connectivity index (χ1n) is 4.76. The maximum Gasteiger partial charge on any atom is 0.283 e. The minimum Gasteiger partial charge on any atom is -0.298 e. The van der Waals surface area contributed by atoms with Crippen molar-refractivity contribution in [3.8, 4) is 0 Å². The molecule has 0 aromatic heterocycles. The molecule has 0 unspecified atom stereocenters. The molecule has 0 bridgehead atoms. The number of thioether (sulfide) groups is 1. The molecule has 0 saturated carbocycles. The van der Waals surface area contributed by atoms with Gasteiger partial charge in [0, 0.05) is 16.4 Å². The van der Waals surface area contributed by atoms with E-state index >= 15 is 0 Å². The predicted octanol–water partition coefficient (Wildman–Crippen LogP) is 3.30. The Labute approximate surface area is 98.2 Å². The van der Waals surface area contributed by atoms with Gasteiger partial charge in [-0.3, -0.25) is 14.9 Å². The molecule has 1 aromatic carbocycles. The summed E-state index contributed by atoms with van der Waals surface area (Å²) in [6, 6.07) is 4.52. The number of nitro groups is 1. The summed E-state index contributed by atoms with van der Waals surface area (Å²) in [6.45, 7) is 5.94. The first-order chi connectivity index (χ1) is 7.33. The van der Waals surface area contributed by atoms with E-state index in [1.54, 1.807) is 12.1 Å². The zero-order valence-electron chi connectivity index (χ0n) is 9.39. The number of nitro benzene ring substituents is 1. The van der Waals surface area contributed by atoms with E-state index in [1.165, 1.54) is 17.8 Å². The van der Waals surface area contributed by atoms with E-state index in [9.17, 15) is 14.9 Å².